The molecule has 1 heterocycles. The van der Waals surface area contributed by atoms with Crippen LogP contribution in [0.25, 0.3) is 17.0 Å². The molecule has 0 aliphatic rings. The monoisotopic (exact) mass is 159 g/mol. The molecule has 60 valence electrons. The lowest BCUT2D eigenvalue weighted by molar-refractivity contribution is 0.480. The molecule has 0 radical (unpaired) electrons. The van der Waals surface area contributed by atoms with Gasteiger partial charge in [0.25, 0.3) is 0 Å². The molecular formula is C10H9NO. The number of rotatable bonds is 1. The van der Waals surface area contributed by atoms with E-state index in [0.717, 1.165) is 10.9 Å². The summed E-state index contributed by atoms with van der Waals surface area (Å²) >= 11 is 0. The third-order valence-corrected chi connectivity index (χ3v) is 1.91. The van der Waals surface area contributed by atoms with Gasteiger partial charge in [0.2, 0.25) is 0 Å². The van der Waals surface area contributed by atoms with Crippen LogP contribution in [0.1, 0.15) is 5.69 Å². The maximum absolute atomic E-state index is 9.59. The van der Waals surface area contributed by atoms with Crippen molar-refractivity contribution in [2.24, 2.45) is 0 Å². The molecule has 0 saturated heterocycles. The zero-order valence-corrected chi connectivity index (χ0v) is 6.54. The fourth-order valence-electron chi connectivity index (χ4n) is 1.30. The topological polar surface area (TPSA) is 36.0 Å². The average molecular weight is 159 g/mol. The van der Waals surface area contributed by atoms with E-state index in [4.69, 9.17) is 0 Å². The van der Waals surface area contributed by atoms with Crippen molar-refractivity contribution in [3.05, 3.63) is 36.5 Å². The summed E-state index contributed by atoms with van der Waals surface area (Å²) in [5, 5.41) is 10.4. The maximum Gasteiger partial charge on any atom is 0.148 e. The second kappa shape index (κ2) is 2.41. The van der Waals surface area contributed by atoms with E-state index in [0.29, 0.717) is 5.69 Å². The largest absolute Gasteiger partial charge is 0.505 e. The van der Waals surface area contributed by atoms with Gasteiger partial charge in [-0.05, 0) is 18.2 Å². The summed E-state index contributed by atoms with van der Waals surface area (Å²) in [7, 11) is 0. The minimum absolute atomic E-state index is 0.278. The van der Waals surface area contributed by atoms with Crippen LogP contribution in [0, 0.1) is 0 Å². The SMILES string of the molecule is C=Cc1[nH]c2ccccc2c1O. The first-order chi connectivity index (χ1) is 5.83. The zero-order valence-electron chi connectivity index (χ0n) is 6.54. The molecule has 0 saturated carbocycles. The molecule has 1 aromatic carbocycles. The number of hydrogen-bond donors (Lipinski definition) is 2. The number of H-pyrrole nitrogens is 1. The Morgan fingerprint density at radius 1 is 1.33 bits per heavy atom. The van der Waals surface area contributed by atoms with E-state index in [9.17, 15) is 5.11 Å². The van der Waals surface area contributed by atoms with E-state index in [-0.39, 0.29) is 5.75 Å². The molecule has 2 nitrogen and oxygen atoms in total. The van der Waals surface area contributed by atoms with Crippen LogP contribution < -0.4 is 0 Å². The lowest BCUT2D eigenvalue weighted by Gasteiger charge is -1.87. The first-order valence-corrected chi connectivity index (χ1v) is 3.75. The van der Waals surface area contributed by atoms with E-state index in [2.05, 4.69) is 11.6 Å². The lowest BCUT2D eigenvalue weighted by Crippen LogP contribution is -1.67. The van der Waals surface area contributed by atoms with E-state index in [1.807, 2.05) is 24.3 Å². The van der Waals surface area contributed by atoms with Gasteiger partial charge in [0.05, 0.1) is 5.69 Å². The average Bonchev–Trinajstić information content (AvgIpc) is 2.44. The molecular weight excluding hydrogens is 150 g/mol. The van der Waals surface area contributed by atoms with Gasteiger partial charge in [0.15, 0.2) is 0 Å². The van der Waals surface area contributed by atoms with E-state index in [1.54, 1.807) is 6.08 Å². The van der Waals surface area contributed by atoms with Crippen LogP contribution >= 0.6 is 0 Å². The third-order valence-electron chi connectivity index (χ3n) is 1.91. The number of fused-ring (bicyclic) bond motifs is 1. The number of benzene rings is 1. The van der Waals surface area contributed by atoms with Crippen LogP contribution in [-0.4, -0.2) is 10.1 Å². The van der Waals surface area contributed by atoms with Crippen molar-refractivity contribution >= 4 is 17.0 Å². The van der Waals surface area contributed by atoms with Crippen molar-refractivity contribution in [2.75, 3.05) is 0 Å². The van der Waals surface area contributed by atoms with E-state index < -0.39 is 0 Å². The zero-order chi connectivity index (χ0) is 8.55. The van der Waals surface area contributed by atoms with Gasteiger partial charge in [-0.1, -0.05) is 18.7 Å². The second-order valence-corrected chi connectivity index (χ2v) is 2.64. The van der Waals surface area contributed by atoms with Gasteiger partial charge in [0.1, 0.15) is 5.75 Å². The van der Waals surface area contributed by atoms with Gasteiger partial charge in [-0.15, -0.1) is 0 Å². The Morgan fingerprint density at radius 3 is 2.75 bits per heavy atom. The molecule has 0 atom stereocenters. The van der Waals surface area contributed by atoms with Gasteiger partial charge >= 0.3 is 0 Å². The van der Waals surface area contributed by atoms with Crippen LogP contribution in [0.2, 0.25) is 0 Å². The normalized spacial score (nSPS) is 10.3. The Kier molecular flexibility index (Phi) is 1.40. The molecule has 2 heteroatoms. The molecule has 0 amide bonds. The Hall–Kier alpha value is -1.70. The Morgan fingerprint density at radius 2 is 2.08 bits per heavy atom. The molecule has 0 fully saturated rings. The molecule has 0 aliphatic heterocycles. The van der Waals surface area contributed by atoms with E-state index in [1.165, 1.54) is 0 Å². The van der Waals surface area contributed by atoms with Crippen LogP contribution in [-0.2, 0) is 0 Å². The smallest absolute Gasteiger partial charge is 0.148 e. The minimum atomic E-state index is 0.278. The van der Waals surface area contributed by atoms with Crippen LogP contribution in [0.4, 0.5) is 0 Å². The highest BCUT2D eigenvalue weighted by Crippen LogP contribution is 2.28. The van der Waals surface area contributed by atoms with Gasteiger partial charge < -0.3 is 10.1 Å². The number of aromatic amines is 1. The molecule has 0 aliphatic carbocycles. The van der Waals surface area contributed by atoms with E-state index >= 15 is 0 Å². The lowest BCUT2D eigenvalue weighted by atomic mass is 10.2. The van der Waals surface area contributed by atoms with Gasteiger partial charge in [-0.2, -0.15) is 0 Å². The maximum atomic E-state index is 9.59. The summed E-state index contributed by atoms with van der Waals surface area (Å²) in [5.74, 6) is 0.278. The Bertz CT molecular complexity index is 428. The Balaban J connectivity index is 2.87. The number of aromatic nitrogens is 1. The standard InChI is InChI=1S/C10H9NO/c1-2-8-10(12)7-5-3-4-6-9(7)11-8/h2-6,11-12H,1H2. The highest BCUT2D eigenvalue weighted by atomic mass is 16.3. The van der Waals surface area contributed by atoms with Crippen molar-refractivity contribution in [1.29, 1.82) is 0 Å². The van der Waals surface area contributed by atoms with Crippen LogP contribution in [0.15, 0.2) is 30.8 Å². The van der Waals surface area contributed by atoms with Crippen molar-refractivity contribution in [1.82, 2.24) is 4.98 Å². The number of para-hydroxylation sites is 1. The number of nitrogens with one attached hydrogen (secondary N) is 1. The molecule has 2 rings (SSSR count). The van der Waals surface area contributed by atoms with Gasteiger partial charge in [-0.25, -0.2) is 0 Å². The number of hydrogen-bond acceptors (Lipinski definition) is 1. The summed E-state index contributed by atoms with van der Waals surface area (Å²) < 4.78 is 0. The summed E-state index contributed by atoms with van der Waals surface area (Å²) in [4.78, 5) is 3.05. The highest BCUT2D eigenvalue weighted by molar-refractivity contribution is 5.89. The fraction of sp³-hybridized carbons (Fsp3) is 0. The second-order valence-electron chi connectivity index (χ2n) is 2.64. The highest BCUT2D eigenvalue weighted by Gasteiger charge is 2.05. The molecule has 0 spiro atoms. The summed E-state index contributed by atoms with van der Waals surface area (Å²) in [6, 6.07) is 7.60. The predicted molar refractivity (Wildman–Crippen MR) is 50.1 cm³/mol. The minimum Gasteiger partial charge on any atom is -0.505 e. The Labute approximate surface area is 70.2 Å². The molecule has 2 aromatic rings. The molecule has 0 bridgehead atoms. The van der Waals surface area contributed by atoms with Gasteiger partial charge in [0, 0.05) is 10.9 Å². The summed E-state index contributed by atoms with van der Waals surface area (Å²) in [6.45, 7) is 3.60. The first kappa shape index (κ1) is 6.98. The number of aromatic hydroxyl groups is 1. The summed E-state index contributed by atoms with van der Waals surface area (Å²) in [6.07, 6.45) is 1.61. The van der Waals surface area contributed by atoms with Crippen molar-refractivity contribution < 1.29 is 5.11 Å². The van der Waals surface area contributed by atoms with Crippen LogP contribution in [0.3, 0.4) is 0 Å². The first-order valence-electron chi connectivity index (χ1n) is 3.75. The molecule has 12 heavy (non-hydrogen) atoms. The molecule has 2 N–H and O–H groups in total. The van der Waals surface area contributed by atoms with Gasteiger partial charge in [-0.3, -0.25) is 0 Å². The quantitative estimate of drug-likeness (QED) is 0.659. The third kappa shape index (κ3) is 0.815. The van der Waals surface area contributed by atoms with Crippen molar-refractivity contribution in [3.8, 4) is 5.75 Å². The predicted octanol–water partition coefficient (Wildman–Crippen LogP) is 2.52. The molecule has 1 aromatic heterocycles. The van der Waals surface area contributed by atoms with Crippen molar-refractivity contribution in [3.63, 3.8) is 0 Å². The fourth-order valence-corrected chi connectivity index (χ4v) is 1.30. The van der Waals surface area contributed by atoms with Crippen molar-refractivity contribution in [2.45, 2.75) is 0 Å². The van der Waals surface area contributed by atoms with Crippen LogP contribution in [0.5, 0.6) is 5.75 Å². The summed E-state index contributed by atoms with van der Waals surface area (Å²) in [5.41, 5.74) is 1.61. The molecule has 0 unspecified atom stereocenters.